The molecule has 3 unspecified atom stereocenters. The fourth-order valence-corrected chi connectivity index (χ4v) is 6.47. The highest BCUT2D eigenvalue weighted by Gasteiger charge is 2.43. The van der Waals surface area contributed by atoms with Crippen molar-refractivity contribution in [3.8, 4) is 5.75 Å². The quantitative estimate of drug-likeness (QED) is 0.668. The van der Waals surface area contributed by atoms with Gasteiger partial charge in [-0.25, -0.2) is 0 Å². The van der Waals surface area contributed by atoms with Gasteiger partial charge in [-0.15, -0.1) is 0 Å². The normalized spacial score (nSPS) is 32.5. The molecule has 3 saturated heterocycles. The lowest BCUT2D eigenvalue weighted by Gasteiger charge is -2.50. The molecular formula is C26H33N3O5. The van der Waals surface area contributed by atoms with Crippen LogP contribution >= 0.6 is 0 Å². The average molecular weight is 468 g/mol. The van der Waals surface area contributed by atoms with Gasteiger partial charge in [0.2, 0.25) is 11.8 Å². The highest BCUT2D eigenvalue weighted by Crippen LogP contribution is 2.37. The predicted octanol–water partition coefficient (Wildman–Crippen LogP) is 2.11. The summed E-state index contributed by atoms with van der Waals surface area (Å²) in [5, 5.41) is 2.36. The molecule has 0 aromatic heterocycles. The smallest absolute Gasteiger partial charge is 0.255 e. The minimum absolute atomic E-state index is 0.144. The Morgan fingerprint density at radius 1 is 1.00 bits per heavy atom. The Morgan fingerprint density at radius 3 is 2.65 bits per heavy atom. The molecule has 5 aliphatic rings. The number of nitrogens with zero attached hydrogens (tertiary/aromatic N) is 2. The first-order valence-corrected chi connectivity index (χ1v) is 12.8. The number of piperidine rings is 1. The van der Waals surface area contributed by atoms with Crippen molar-refractivity contribution in [2.24, 2.45) is 11.8 Å². The Labute approximate surface area is 199 Å². The molecular weight excluding hydrogens is 434 g/mol. The molecule has 4 aliphatic heterocycles. The fourth-order valence-electron chi connectivity index (χ4n) is 6.47. The standard InChI is InChI=1S/C26H33N3O5/c30-24-8-7-22(25(31)27-24)29-14-17-11-19(5-6-20(17)26(29)32)34-23-4-2-1-3-21(23)28-12-18(13-28)16-9-10-33-15-16/h5-6,11,16,18,21-23H,1-4,7-10,12-15H2,(H,27,30,31)/t16?,21-,22?,23?/m1/s1. The Hall–Kier alpha value is -2.45. The van der Waals surface area contributed by atoms with E-state index in [0.29, 0.717) is 24.6 Å². The van der Waals surface area contributed by atoms with Crippen molar-refractivity contribution >= 4 is 17.7 Å². The molecule has 1 aromatic rings. The molecule has 4 fully saturated rings. The maximum Gasteiger partial charge on any atom is 0.255 e. The topological polar surface area (TPSA) is 88.2 Å². The SMILES string of the molecule is O=C1CCC(N2Cc3cc(OC4CCCC[C@H]4N4CC(C5CCOC5)C4)ccc3C2=O)C(=O)N1. The number of likely N-dealkylation sites (tertiary alicyclic amines) is 1. The van der Waals surface area contributed by atoms with Gasteiger partial charge in [0.05, 0.1) is 0 Å². The number of hydrogen-bond donors (Lipinski definition) is 1. The van der Waals surface area contributed by atoms with Gasteiger partial charge >= 0.3 is 0 Å². The molecule has 0 bridgehead atoms. The van der Waals surface area contributed by atoms with E-state index < -0.39 is 6.04 Å². The molecule has 182 valence electrons. The molecule has 1 saturated carbocycles. The second kappa shape index (κ2) is 8.96. The molecule has 34 heavy (non-hydrogen) atoms. The average Bonchev–Trinajstić information content (AvgIpc) is 3.42. The lowest BCUT2D eigenvalue weighted by Crippen LogP contribution is -2.59. The molecule has 1 aliphatic carbocycles. The van der Waals surface area contributed by atoms with Crippen LogP contribution in [0.25, 0.3) is 0 Å². The second-order valence-electron chi connectivity index (χ2n) is 10.6. The van der Waals surface area contributed by atoms with E-state index in [0.717, 1.165) is 55.9 Å². The zero-order valence-electron chi connectivity index (χ0n) is 19.5. The first-order valence-electron chi connectivity index (χ1n) is 12.8. The van der Waals surface area contributed by atoms with E-state index in [4.69, 9.17) is 9.47 Å². The lowest BCUT2D eigenvalue weighted by molar-refractivity contribution is -0.136. The third kappa shape index (κ3) is 4.01. The van der Waals surface area contributed by atoms with Crippen LogP contribution in [0.5, 0.6) is 5.75 Å². The largest absolute Gasteiger partial charge is 0.489 e. The van der Waals surface area contributed by atoms with Gasteiger partial charge < -0.3 is 14.4 Å². The molecule has 6 rings (SSSR count). The van der Waals surface area contributed by atoms with Crippen LogP contribution in [0, 0.1) is 11.8 Å². The first kappa shape index (κ1) is 22.0. The number of fused-ring (bicyclic) bond motifs is 1. The molecule has 8 heteroatoms. The number of imide groups is 1. The van der Waals surface area contributed by atoms with Gasteiger partial charge in [-0.05, 0) is 67.7 Å². The molecule has 4 heterocycles. The van der Waals surface area contributed by atoms with Gasteiger partial charge in [0.1, 0.15) is 17.9 Å². The van der Waals surface area contributed by atoms with Gasteiger partial charge in [-0.3, -0.25) is 24.6 Å². The number of carbonyl (C=O) groups is 3. The summed E-state index contributed by atoms with van der Waals surface area (Å²) in [5.74, 6) is 1.49. The fraction of sp³-hybridized carbons (Fsp3) is 0.654. The third-order valence-corrected chi connectivity index (χ3v) is 8.49. The van der Waals surface area contributed by atoms with Crippen molar-refractivity contribution in [2.45, 2.75) is 69.7 Å². The van der Waals surface area contributed by atoms with Crippen LogP contribution in [0.3, 0.4) is 0 Å². The summed E-state index contributed by atoms with van der Waals surface area (Å²) in [6, 6.07) is 5.55. The van der Waals surface area contributed by atoms with Gasteiger partial charge in [0.25, 0.3) is 5.91 Å². The molecule has 1 aromatic carbocycles. The molecule has 4 atom stereocenters. The summed E-state index contributed by atoms with van der Waals surface area (Å²) in [5.41, 5.74) is 1.52. The van der Waals surface area contributed by atoms with E-state index in [1.807, 2.05) is 18.2 Å². The summed E-state index contributed by atoms with van der Waals surface area (Å²) >= 11 is 0. The van der Waals surface area contributed by atoms with Crippen LogP contribution < -0.4 is 10.1 Å². The lowest BCUT2D eigenvalue weighted by atomic mass is 9.81. The van der Waals surface area contributed by atoms with Crippen LogP contribution in [0.1, 0.15) is 60.9 Å². The van der Waals surface area contributed by atoms with Crippen molar-refractivity contribution < 1.29 is 23.9 Å². The molecule has 1 N–H and O–H groups in total. The Morgan fingerprint density at radius 2 is 1.85 bits per heavy atom. The number of amides is 3. The summed E-state index contributed by atoms with van der Waals surface area (Å²) in [4.78, 5) is 40.9. The maximum atomic E-state index is 13.0. The van der Waals surface area contributed by atoms with Crippen LogP contribution in [-0.4, -0.2) is 72.0 Å². The minimum Gasteiger partial charge on any atom is -0.489 e. The van der Waals surface area contributed by atoms with Crippen LogP contribution in [-0.2, 0) is 20.9 Å². The van der Waals surface area contributed by atoms with Crippen molar-refractivity contribution in [1.29, 1.82) is 0 Å². The van der Waals surface area contributed by atoms with Crippen molar-refractivity contribution in [3.63, 3.8) is 0 Å². The molecule has 8 nitrogen and oxygen atoms in total. The zero-order valence-corrected chi connectivity index (χ0v) is 19.5. The number of carbonyl (C=O) groups excluding carboxylic acids is 3. The van der Waals surface area contributed by atoms with E-state index in [-0.39, 0.29) is 30.2 Å². The Balaban J connectivity index is 1.11. The Bertz CT molecular complexity index is 985. The van der Waals surface area contributed by atoms with Crippen LogP contribution in [0.2, 0.25) is 0 Å². The number of benzene rings is 1. The van der Waals surface area contributed by atoms with Gasteiger partial charge in [-0.1, -0.05) is 6.42 Å². The number of nitrogens with one attached hydrogen (secondary N) is 1. The summed E-state index contributed by atoms with van der Waals surface area (Å²) in [6.07, 6.45) is 6.66. The van der Waals surface area contributed by atoms with E-state index in [2.05, 4.69) is 10.2 Å². The number of ether oxygens (including phenoxy) is 2. The third-order valence-electron chi connectivity index (χ3n) is 8.49. The molecule has 0 spiro atoms. The highest BCUT2D eigenvalue weighted by molar-refractivity contribution is 6.05. The zero-order chi connectivity index (χ0) is 23.2. The van der Waals surface area contributed by atoms with Crippen molar-refractivity contribution in [2.75, 3.05) is 26.3 Å². The first-order chi connectivity index (χ1) is 16.6. The number of rotatable bonds is 5. The van der Waals surface area contributed by atoms with E-state index in [1.54, 1.807) is 4.90 Å². The van der Waals surface area contributed by atoms with Gasteiger partial charge in [0, 0.05) is 50.9 Å². The summed E-state index contributed by atoms with van der Waals surface area (Å²) in [6.45, 7) is 4.52. The maximum absolute atomic E-state index is 13.0. The van der Waals surface area contributed by atoms with E-state index in [9.17, 15) is 14.4 Å². The van der Waals surface area contributed by atoms with Crippen LogP contribution in [0.4, 0.5) is 0 Å². The van der Waals surface area contributed by atoms with Crippen LogP contribution in [0.15, 0.2) is 18.2 Å². The number of hydrogen-bond acceptors (Lipinski definition) is 6. The highest BCUT2D eigenvalue weighted by atomic mass is 16.5. The van der Waals surface area contributed by atoms with Gasteiger partial charge in [0.15, 0.2) is 0 Å². The van der Waals surface area contributed by atoms with Gasteiger partial charge in [-0.2, -0.15) is 0 Å². The monoisotopic (exact) mass is 467 g/mol. The second-order valence-corrected chi connectivity index (χ2v) is 10.6. The summed E-state index contributed by atoms with van der Waals surface area (Å²) in [7, 11) is 0. The Kier molecular flexibility index (Phi) is 5.81. The molecule has 3 amide bonds. The minimum atomic E-state index is -0.589. The van der Waals surface area contributed by atoms with Crippen molar-refractivity contribution in [3.05, 3.63) is 29.3 Å². The molecule has 0 radical (unpaired) electrons. The predicted molar refractivity (Wildman–Crippen MR) is 123 cm³/mol. The van der Waals surface area contributed by atoms with Crippen molar-refractivity contribution in [1.82, 2.24) is 15.1 Å². The van der Waals surface area contributed by atoms with E-state index in [1.165, 1.54) is 25.7 Å². The van der Waals surface area contributed by atoms with E-state index >= 15 is 0 Å². The summed E-state index contributed by atoms with van der Waals surface area (Å²) < 4.78 is 12.1.